The largest absolute Gasteiger partial charge is 0.503 e. The Morgan fingerprint density at radius 2 is 1.71 bits per heavy atom. The lowest BCUT2D eigenvalue weighted by atomic mass is 9.87. The van der Waals surface area contributed by atoms with Gasteiger partial charge in [-0.25, -0.2) is 4.98 Å². The van der Waals surface area contributed by atoms with E-state index in [1.54, 1.807) is 6.92 Å². The first-order valence-electron chi connectivity index (χ1n) is 10.7. The van der Waals surface area contributed by atoms with E-state index in [4.69, 9.17) is 9.47 Å². The van der Waals surface area contributed by atoms with E-state index < -0.39 is 17.7 Å². The second-order valence-corrected chi connectivity index (χ2v) is 8.37. The van der Waals surface area contributed by atoms with Crippen LogP contribution < -0.4 is 4.74 Å². The summed E-state index contributed by atoms with van der Waals surface area (Å²) in [6, 6.07) is 11.5. The van der Waals surface area contributed by atoms with E-state index in [2.05, 4.69) is 31.0 Å². The van der Waals surface area contributed by atoms with Gasteiger partial charge in [-0.15, -0.1) is 0 Å². The molecule has 0 saturated heterocycles. The van der Waals surface area contributed by atoms with E-state index in [1.807, 2.05) is 25.1 Å². The highest BCUT2D eigenvalue weighted by Gasteiger charge is 2.28. The number of aromatic nitrogens is 1. The van der Waals surface area contributed by atoms with Gasteiger partial charge in [-0.2, -0.15) is 0 Å². The number of carbonyl (C=O) groups excluding carboxylic acids is 2. The summed E-state index contributed by atoms with van der Waals surface area (Å²) in [7, 11) is 1.40. The van der Waals surface area contributed by atoms with Crippen molar-refractivity contribution in [1.82, 2.24) is 4.98 Å². The molecule has 1 heterocycles. The molecule has 0 unspecified atom stereocenters. The van der Waals surface area contributed by atoms with Crippen LogP contribution in [0.25, 0.3) is 0 Å². The van der Waals surface area contributed by atoms with Crippen molar-refractivity contribution in [3.63, 3.8) is 0 Å². The average Bonchev–Trinajstić information content (AvgIpc) is 2.74. The number of nitrogens with zero attached hydrogens (tertiary/aromatic N) is 1. The van der Waals surface area contributed by atoms with Crippen LogP contribution in [-0.2, 0) is 9.53 Å². The maximum absolute atomic E-state index is 12.7. The molecular weight excluding hydrogens is 394 g/mol. The number of methoxy groups -OCH3 is 1. The molecule has 1 aromatic heterocycles. The molecule has 1 aromatic carbocycles. The molecular formula is C25H33NO5. The molecule has 3 atom stereocenters. The van der Waals surface area contributed by atoms with Crippen LogP contribution >= 0.6 is 0 Å². The predicted octanol–water partition coefficient (Wildman–Crippen LogP) is 5.16. The van der Waals surface area contributed by atoms with Crippen LogP contribution in [0.3, 0.4) is 0 Å². The Bertz CT molecular complexity index is 865. The molecule has 0 aliphatic heterocycles. The number of pyridine rings is 1. The van der Waals surface area contributed by atoms with E-state index in [-0.39, 0.29) is 35.6 Å². The first-order chi connectivity index (χ1) is 14.7. The fourth-order valence-corrected chi connectivity index (χ4v) is 3.53. The lowest BCUT2D eigenvalue weighted by Crippen LogP contribution is -2.27. The fraction of sp³-hybridized carbons (Fsp3) is 0.480. The topological polar surface area (TPSA) is 85.7 Å². The number of benzene rings is 1. The number of rotatable bonds is 11. The van der Waals surface area contributed by atoms with Crippen molar-refractivity contribution >= 4 is 11.8 Å². The zero-order valence-corrected chi connectivity index (χ0v) is 19.0. The second-order valence-electron chi connectivity index (χ2n) is 8.37. The first-order valence-corrected chi connectivity index (χ1v) is 10.7. The lowest BCUT2D eigenvalue weighted by molar-refractivity contribution is -0.153. The summed E-state index contributed by atoms with van der Waals surface area (Å²) in [5.41, 5.74) is 1.03. The molecule has 0 radical (unpaired) electrons. The van der Waals surface area contributed by atoms with Gasteiger partial charge >= 0.3 is 5.97 Å². The molecule has 0 aliphatic rings. The molecule has 0 spiro atoms. The zero-order valence-electron chi connectivity index (χ0n) is 19.0. The smallest absolute Gasteiger partial charge is 0.309 e. The molecule has 0 amide bonds. The number of carbonyl (C=O) groups is 2. The van der Waals surface area contributed by atoms with Crippen LogP contribution in [0.2, 0.25) is 0 Å². The summed E-state index contributed by atoms with van der Waals surface area (Å²) >= 11 is 0. The Labute approximate surface area is 184 Å². The maximum atomic E-state index is 12.7. The number of Topliss-reactive ketones (excluding diaryl/α,β-unsaturated/α-hetero) is 1. The molecule has 6 nitrogen and oxygen atoms in total. The zero-order chi connectivity index (χ0) is 23.0. The molecule has 0 aliphatic carbocycles. The Kier molecular flexibility index (Phi) is 9.03. The molecule has 1 N–H and O–H groups in total. The van der Waals surface area contributed by atoms with Gasteiger partial charge in [0, 0.05) is 24.6 Å². The van der Waals surface area contributed by atoms with E-state index in [0.29, 0.717) is 5.92 Å². The minimum atomic E-state index is -0.663. The molecule has 31 heavy (non-hydrogen) atoms. The lowest BCUT2D eigenvalue weighted by Gasteiger charge is -2.26. The van der Waals surface area contributed by atoms with Crippen molar-refractivity contribution in [2.75, 3.05) is 7.11 Å². The third kappa shape index (κ3) is 6.81. The minimum absolute atomic E-state index is 0.0829. The summed E-state index contributed by atoms with van der Waals surface area (Å²) in [5.74, 6) is -1.06. The number of ether oxygens (including phenoxy) is 2. The van der Waals surface area contributed by atoms with E-state index in [0.717, 1.165) is 18.4 Å². The van der Waals surface area contributed by atoms with E-state index >= 15 is 0 Å². The maximum Gasteiger partial charge on any atom is 0.309 e. The summed E-state index contributed by atoms with van der Waals surface area (Å²) in [4.78, 5) is 29.2. The van der Waals surface area contributed by atoms with Crippen molar-refractivity contribution in [3.05, 3.63) is 53.9 Å². The minimum Gasteiger partial charge on any atom is -0.503 e. The standard InChI is InChI=1S/C25H33NO5/c1-16(2)11-12-20(19-9-7-6-8-10-19)18(4)31-25(29)17(3)15-21(27)23-24(28)22(30-5)13-14-26-23/h6-10,13-14,16-18,20,28H,11-12,15H2,1-5H3/t17-,18+,20+/m1/s1. The normalized spacial score (nSPS) is 14.0. The Hall–Kier alpha value is -2.89. The van der Waals surface area contributed by atoms with Gasteiger partial charge in [-0.05, 0) is 24.8 Å². The summed E-state index contributed by atoms with van der Waals surface area (Å²) in [6.07, 6.45) is 2.88. The molecule has 2 aromatic rings. The van der Waals surface area contributed by atoms with Crippen molar-refractivity contribution in [2.24, 2.45) is 11.8 Å². The van der Waals surface area contributed by atoms with Gasteiger partial charge in [-0.3, -0.25) is 9.59 Å². The first kappa shape index (κ1) is 24.4. The number of esters is 1. The fourth-order valence-electron chi connectivity index (χ4n) is 3.53. The van der Waals surface area contributed by atoms with Crippen LogP contribution in [0.1, 0.15) is 68.9 Å². The molecule has 6 heteroatoms. The molecule has 0 fully saturated rings. The molecule has 0 saturated carbocycles. The Balaban J connectivity index is 2.05. The highest BCUT2D eigenvalue weighted by atomic mass is 16.5. The highest BCUT2D eigenvalue weighted by molar-refractivity contribution is 5.99. The number of hydrogen-bond donors (Lipinski definition) is 1. The van der Waals surface area contributed by atoms with Gasteiger partial charge in [-0.1, -0.05) is 57.5 Å². The molecule has 0 bridgehead atoms. The van der Waals surface area contributed by atoms with E-state index in [1.165, 1.54) is 19.4 Å². The number of hydrogen-bond acceptors (Lipinski definition) is 6. The number of ketones is 1. The van der Waals surface area contributed by atoms with Crippen LogP contribution in [-0.4, -0.2) is 35.1 Å². The molecule has 2 rings (SSSR count). The monoisotopic (exact) mass is 427 g/mol. The second kappa shape index (κ2) is 11.5. The van der Waals surface area contributed by atoms with Crippen molar-refractivity contribution in [3.8, 4) is 11.5 Å². The van der Waals surface area contributed by atoms with Crippen LogP contribution in [0.15, 0.2) is 42.6 Å². The van der Waals surface area contributed by atoms with Gasteiger partial charge in [0.15, 0.2) is 23.0 Å². The van der Waals surface area contributed by atoms with Gasteiger partial charge < -0.3 is 14.6 Å². The van der Waals surface area contributed by atoms with Gasteiger partial charge in [0.2, 0.25) is 0 Å². The third-order valence-corrected chi connectivity index (χ3v) is 5.42. The molecule has 168 valence electrons. The van der Waals surface area contributed by atoms with Gasteiger partial charge in [0.05, 0.1) is 13.0 Å². The average molecular weight is 428 g/mol. The quantitative estimate of drug-likeness (QED) is 0.394. The van der Waals surface area contributed by atoms with Crippen LogP contribution in [0, 0.1) is 11.8 Å². The number of aromatic hydroxyl groups is 1. The van der Waals surface area contributed by atoms with E-state index in [9.17, 15) is 14.7 Å². The van der Waals surface area contributed by atoms with Crippen molar-refractivity contribution < 1.29 is 24.2 Å². The predicted molar refractivity (Wildman–Crippen MR) is 119 cm³/mol. The van der Waals surface area contributed by atoms with Crippen LogP contribution in [0.5, 0.6) is 11.5 Å². The summed E-state index contributed by atoms with van der Waals surface area (Å²) in [5, 5.41) is 10.1. The van der Waals surface area contributed by atoms with Gasteiger partial charge in [0.25, 0.3) is 0 Å². The van der Waals surface area contributed by atoms with Gasteiger partial charge in [0.1, 0.15) is 6.10 Å². The highest BCUT2D eigenvalue weighted by Crippen LogP contribution is 2.31. The summed E-state index contributed by atoms with van der Waals surface area (Å²) in [6.45, 7) is 7.90. The Morgan fingerprint density at radius 1 is 1.03 bits per heavy atom. The van der Waals surface area contributed by atoms with Crippen LogP contribution in [0.4, 0.5) is 0 Å². The van der Waals surface area contributed by atoms with Crippen molar-refractivity contribution in [2.45, 2.75) is 59.0 Å². The Morgan fingerprint density at radius 3 is 2.32 bits per heavy atom. The third-order valence-electron chi connectivity index (χ3n) is 5.42. The van der Waals surface area contributed by atoms with Crippen molar-refractivity contribution in [1.29, 1.82) is 0 Å². The SMILES string of the molecule is COc1ccnc(C(=O)C[C@@H](C)C(=O)O[C@@H](C)[C@H](CCC(C)C)c2ccccc2)c1O. The summed E-state index contributed by atoms with van der Waals surface area (Å²) < 4.78 is 10.8.